The Morgan fingerprint density at radius 3 is 2.78 bits per heavy atom. The summed E-state index contributed by atoms with van der Waals surface area (Å²) in [5, 5.41) is 0. The van der Waals surface area contributed by atoms with Gasteiger partial charge >= 0.3 is 0 Å². The summed E-state index contributed by atoms with van der Waals surface area (Å²) in [7, 11) is -3.53. The molecule has 5 nitrogen and oxygen atoms in total. The van der Waals surface area contributed by atoms with Crippen molar-refractivity contribution in [3.63, 3.8) is 0 Å². The Balaban J connectivity index is 2.41. The summed E-state index contributed by atoms with van der Waals surface area (Å²) in [5.41, 5.74) is 7.07. The van der Waals surface area contributed by atoms with Crippen molar-refractivity contribution in [2.75, 3.05) is 25.5 Å². The minimum Gasteiger partial charge on any atom is -0.398 e. The molecule has 1 fully saturated rings. The molecule has 0 aromatic heterocycles. The van der Waals surface area contributed by atoms with Crippen molar-refractivity contribution in [3.05, 3.63) is 23.8 Å². The fourth-order valence-corrected chi connectivity index (χ4v) is 3.80. The molecule has 0 saturated carbocycles. The number of benzene rings is 1. The fourth-order valence-electron chi connectivity index (χ4n) is 2.10. The van der Waals surface area contributed by atoms with Crippen molar-refractivity contribution in [2.45, 2.75) is 24.8 Å². The Bertz CT molecular complexity index is 542. The Hall–Kier alpha value is -1.11. The van der Waals surface area contributed by atoms with Crippen molar-refractivity contribution < 1.29 is 13.2 Å². The maximum absolute atomic E-state index is 12.5. The third-order valence-corrected chi connectivity index (χ3v) is 5.15. The smallest absolute Gasteiger partial charge is 0.245 e. The predicted molar refractivity (Wildman–Crippen MR) is 69.8 cm³/mol. The second-order valence-electron chi connectivity index (χ2n) is 4.58. The zero-order valence-electron chi connectivity index (χ0n) is 10.6. The van der Waals surface area contributed by atoms with Crippen LogP contribution in [0.1, 0.15) is 12.5 Å². The van der Waals surface area contributed by atoms with Gasteiger partial charge in [0.2, 0.25) is 10.0 Å². The maximum atomic E-state index is 12.5. The van der Waals surface area contributed by atoms with Gasteiger partial charge in [0, 0.05) is 12.6 Å². The maximum Gasteiger partial charge on any atom is 0.245 e. The number of ether oxygens (including phenoxy) is 1. The second-order valence-corrected chi connectivity index (χ2v) is 6.44. The Morgan fingerprint density at radius 1 is 1.44 bits per heavy atom. The summed E-state index contributed by atoms with van der Waals surface area (Å²) in [6.45, 7) is 4.93. The summed E-state index contributed by atoms with van der Waals surface area (Å²) in [6.07, 6.45) is 0. The van der Waals surface area contributed by atoms with Crippen LogP contribution >= 0.6 is 0 Å². The van der Waals surface area contributed by atoms with E-state index >= 15 is 0 Å². The monoisotopic (exact) mass is 270 g/mol. The standard InChI is InChI=1S/C12H18N2O3S/c1-9-3-4-12(11(13)7-9)18(15,16)14-5-6-17-8-10(14)2/h3-4,7,10H,5-6,8,13H2,1-2H3. The Morgan fingerprint density at radius 2 is 2.17 bits per heavy atom. The third kappa shape index (κ3) is 2.36. The molecule has 1 aliphatic heterocycles. The lowest BCUT2D eigenvalue weighted by Crippen LogP contribution is -2.47. The van der Waals surface area contributed by atoms with E-state index in [4.69, 9.17) is 10.5 Å². The molecule has 2 N–H and O–H groups in total. The van der Waals surface area contributed by atoms with Gasteiger partial charge < -0.3 is 10.5 Å². The van der Waals surface area contributed by atoms with Gasteiger partial charge in [-0.2, -0.15) is 4.31 Å². The van der Waals surface area contributed by atoms with Crippen LogP contribution in [0.15, 0.2) is 23.1 Å². The number of aryl methyl sites for hydroxylation is 1. The quantitative estimate of drug-likeness (QED) is 0.813. The van der Waals surface area contributed by atoms with Gasteiger partial charge in [0.05, 0.1) is 18.9 Å². The number of nitrogens with two attached hydrogens (primary N) is 1. The van der Waals surface area contributed by atoms with Gasteiger partial charge in [0.1, 0.15) is 4.90 Å². The van der Waals surface area contributed by atoms with Crippen LogP contribution in [0.25, 0.3) is 0 Å². The molecule has 0 amide bonds. The average Bonchev–Trinajstić information content (AvgIpc) is 2.28. The first-order valence-electron chi connectivity index (χ1n) is 5.88. The van der Waals surface area contributed by atoms with E-state index in [1.165, 1.54) is 4.31 Å². The summed E-state index contributed by atoms with van der Waals surface area (Å²) in [6, 6.07) is 4.85. The number of sulfonamides is 1. The van der Waals surface area contributed by atoms with Crippen molar-refractivity contribution in [2.24, 2.45) is 0 Å². The van der Waals surface area contributed by atoms with Crippen LogP contribution in [0, 0.1) is 6.92 Å². The molecule has 0 spiro atoms. The van der Waals surface area contributed by atoms with E-state index in [1.807, 2.05) is 13.8 Å². The van der Waals surface area contributed by atoms with Gasteiger partial charge in [-0.25, -0.2) is 8.42 Å². The molecular formula is C12H18N2O3S. The molecule has 0 radical (unpaired) electrons. The van der Waals surface area contributed by atoms with Gasteiger partial charge in [-0.05, 0) is 31.5 Å². The molecule has 0 bridgehead atoms. The molecule has 1 aromatic rings. The highest BCUT2D eigenvalue weighted by Crippen LogP contribution is 2.25. The molecule has 1 aromatic carbocycles. The third-order valence-electron chi connectivity index (χ3n) is 3.06. The Kier molecular flexibility index (Phi) is 3.61. The molecule has 6 heteroatoms. The van der Waals surface area contributed by atoms with Gasteiger partial charge in [-0.3, -0.25) is 0 Å². The summed E-state index contributed by atoms with van der Waals surface area (Å²) in [4.78, 5) is 0.182. The highest BCUT2D eigenvalue weighted by atomic mass is 32.2. The normalized spacial score (nSPS) is 22.0. The van der Waals surface area contributed by atoms with Crippen LogP contribution in [-0.4, -0.2) is 38.5 Å². The van der Waals surface area contributed by atoms with Gasteiger partial charge in [0.25, 0.3) is 0 Å². The topological polar surface area (TPSA) is 72.6 Å². The highest BCUT2D eigenvalue weighted by molar-refractivity contribution is 7.89. The van der Waals surface area contributed by atoms with Crippen molar-refractivity contribution in [3.8, 4) is 0 Å². The van der Waals surface area contributed by atoms with E-state index in [-0.39, 0.29) is 10.9 Å². The van der Waals surface area contributed by atoms with Crippen LogP contribution < -0.4 is 5.73 Å². The molecule has 1 unspecified atom stereocenters. The number of hydrogen-bond donors (Lipinski definition) is 1. The number of hydrogen-bond acceptors (Lipinski definition) is 4. The number of anilines is 1. The van der Waals surface area contributed by atoms with Crippen LogP contribution in [-0.2, 0) is 14.8 Å². The molecule has 1 aliphatic rings. The van der Waals surface area contributed by atoms with Gasteiger partial charge in [-0.15, -0.1) is 0 Å². The zero-order valence-corrected chi connectivity index (χ0v) is 11.4. The average molecular weight is 270 g/mol. The summed E-state index contributed by atoms with van der Waals surface area (Å²) >= 11 is 0. The van der Waals surface area contributed by atoms with Crippen molar-refractivity contribution in [1.82, 2.24) is 4.31 Å². The van der Waals surface area contributed by atoms with Gasteiger partial charge in [-0.1, -0.05) is 6.07 Å². The summed E-state index contributed by atoms with van der Waals surface area (Å²) < 4.78 is 31.8. The molecule has 1 saturated heterocycles. The fraction of sp³-hybridized carbons (Fsp3) is 0.500. The number of nitrogen functional groups attached to an aromatic ring is 1. The molecular weight excluding hydrogens is 252 g/mol. The molecule has 0 aliphatic carbocycles. The minimum atomic E-state index is -3.53. The molecule has 1 heterocycles. The van der Waals surface area contributed by atoms with E-state index in [2.05, 4.69) is 0 Å². The van der Waals surface area contributed by atoms with E-state index in [1.54, 1.807) is 18.2 Å². The first-order chi connectivity index (χ1) is 8.43. The second kappa shape index (κ2) is 4.87. The van der Waals surface area contributed by atoms with Crippen LogP contribution in [0.5, 0.6) is 0 Å². The van der Waals surface area contributed by atoms with Crippen LogP contribution in [0.2, 0.25) is 0 Å². The largest absolute Gasteiger partial charge is 0.398 e. The van der Waals surface area contributed by atoms with Crippen molar-refractivity contribution >= 4 is 15.7 Å². The number of nitrogens with zero attached hydrogens (tertiary/aromatic N) is 1. The highest BCUT2D eigenvalue weighted by Gasteiger charge is 2.32. The predicted octanol–water partition coefficient (Wildman–Crippen LogP) is 0.987. The first kappa shape index (κ1) is 13.3. The minimum absolute atomic E-state index is 0.163. The lowest BCUT2D eigenvalue weighted by Gasteiger charge is -2.32. The lowest BCUT2D eigenvalue weighted by molar-refractivity contribution is 0.0393. The van der Waals surface area contributed by atoms with Crippen molar-refractivity contribution in [1.29, 1.82) is 0 Å². The summed E-state index contributed by atoms with van der Waals surface area (Å²) in [5.74, 6) is 0. The molecule has 100 valence electrons. The van der Waals surface area contributed by atoms with Gasteiger partial charge in [0.15, 0.2) is 0 Å². The van der Waals surface area contributed by atoms with Crippen LogP contribution in [0.3, 0.4) is 0 Å². The number of rotatable bonds is 2. The van der Waals surface area contributed by atoms with E-state index in [0.29, 0.717) is 25.4 Å². The Labute approximate surface area is 108 Å². The zero-order chi connectivity index (χ0) is 13.3. The van der Waals surface area contributed by atoms with E-state index in [0.717, 1.165) is 5.56 Å². The molecule has 2 rings (SSSR count). The number of morpholine rings is 1. The van der Waals surface area contributed by atoms with E-state index in [9.17, 15) is 8.42 Å². The van der Waals surface area contributed by atoms with Crippen LogP contribution in [0.4, 0.5) is 5.69 Å². The first-order valence-corrected chi connectivity index (χ1v) is 7.32. The van der Waals surface area contributed by atoms with E-state index < -0.39 is 10.0 Å². The molecule has 18 heavy (non-hydrogen) atoms. The SMILES string of the molecule is Cc1ccc(S(=O)(=O)N2CCOCC2C)c(N)c1. The lowest BCUT2D eigenvalue weighted by atomic mass is 10.2. The molecule has 1 atom stereocenters.